The molecule has 0 atom stereocenters. The number of carbonyl (C=O) groups is 1. The monoisotopic (exact) mass is 489 g/mol. The number of carbonyl (C=O) groups excluding carboxylic acids is 1. The van der Waals surface area contributed by atoms with Gasteiger partial charge in [0.2, 0.25) is 11.8 Å². The van der Waals surface area contributed by atoms with Gasteiger partial charge in [-0.25, -0.2) is 4.98 Å². The molecule has 14 heteroatoms. The summed E-state index contributed by atoms with van der Waals surface area (Å²) in [6, 6.07) is 2.04. The van der Waals surface area contributed by atoms with Gasteiger partial charge in [-0.15, -0.1) is 23.4 Å². The summed E-state index contributed by atoms with van der Waals surface area (Å²) in [6.07, 6.45) is -7.71. The minimum Gasteiger partial charge on any atom is -0.421 e. The number of ether oxygens (including phenoxy) is 1. The Bertz CT molecular complexity index is 1210. The Balaban J connectivity index is 1.27. The van der Waals surface area contributed by atoms with Gasteiger partial charge in [-0.1, -0.05) is 6.58 Å². The molecule has 1 fully saturated rings. The number of hydrogen-bond acceptors (Lipinski definition) is 6. The highest BCUT2D eigenvalue weighted by Crippen LogP contribution is 2.41. The SMILES string of the molecule is C=C(CCNC(=O)c1cn2cc(C(F)(F)F)ccc2n1)c1nnc(C2CC(OC(F)(F)F)C2)o1. The third-order valence-electron chi connectivity index (χ3n) is 5.21. The molecule has 3 heterocycles. The maximum Gasteiger partial charge on any atom is 0.522 e. The fourth-order valence-corrected chi connectivity index (χ4v) is 3.39. The van der Waals surface area contributed by atoms with E-state index in [4.69, 9.17) is 4.42 Å². The molecule has 182 valence electrons. The van der Waals surface area contributed by atoms with Crippen molar-refractivity contribution in [1.29, 1.82) is 0 Å². The maximum absolute atomic E-state index is 12.8. The first-order chi connectivity index (χ1) is 15.9. The van der Waals surface area contributed by atoms with Crippen LogP contribution in [-0.2, 0) is 10.9 Å². The largest absolute Gasteiger partial charge is 0.522 e. The Labute approximate surface area is 187 Å². The van der Waals surface area contributed by atoms with Gasteiger partial charge in [-0.2, -0.15) is 13.2 Å². The average Bonchev–Trinajstić information content (AvgIpc) is 3.35. The predicted molar refractivity (Wildman–Crippen MR) is 103 cm³/mol. The van der Waals surface area contributed by atoms with Crippen molar-refractivity contribution in [3.63, 3.8) is 0 Å². The van der Waals surface area contributed by atoms with Crippen molar-refractivity contribution in [2.45, 2.75) is 43.8 Å². The van der Waals surface area contributed by atoms with E-state index < -0.39 is 30.1 Å². The minimum atomic E-state index is -4.69. The number of nitrogens with zero attached hydrogens (tertiary/aromatic N) is 4. The van der Waals surface area contributed by atoms with E-state index in [0.717, 1.165) is 22.7 Å². The summed E-state index contributed by atoms with van der Waals surface area (Å²) >= 11 is 0. The van der Waals surface area contributed by atoms with Crippen LogP contribution < -0.4 is 5.32 Å². The Morgan fingerprint density at radius 1 is 1.18 bits per heavy atom. The van der Waals surface area contributed by atoms with Crippen LogP contribution in [0.15, 0.2) is 35.5 Å². The van der Waals surface area contributed by atoms with Gasteiger partial charge in [-0.3, -0.25) is 9.53 Å². The first kappa shape index (κ1) is 23.7. The highest BCUT2D eigenvalue weighted by molar-refractivity contribution is 5.92. The maximum atomic E-state index is 12.8. The van der Waals surface area contributed by atoms with E-state index in [1.165, 1.54) is 6.20 Å². The normalized spacial score (nSPS) is 18.6. The second-order valence-corrected chi connectivity index (χ2v) is 7.72. The molecule has 1 N–H and O–H groups in total. The van der Waals surface area contributed by atoms with Gasteiger partial charge in [-0.05, 0) is 31.4 Å². The van der Waals surface area contributed by atoms with Crippen molar-refractivity contribution in [3.05, 3.63) is 54.1 Å². The van der Waals surface area contributed by atoms with Crippen molar-refractivity contribution in [2.24, 2.45) is 0 Å². The van der Waals surface area contributed by atoms with E-state index in [-0.39, 0.29) is 54.8 Å². The number of imidazole rings is 1. The molecule has 0 radical (unpaired) electrons. The molecule has 3 aromatic heterocycles. The Morgan fingerprint density at radius 3 is 2.59 bits per heavy atom. The summed E-state index contributed by atoms with van der Waals surface area (Å²) in [4.78, 5) is 16.3. The van der Waals surface area contributed by atoms with E-state index >= 15 is 0 Å². The molecule has 8 nitrogen and oxygen atoms in total. The first-order valence-corrected chi connectivity index (χ1v) is 9.99. The molecule has 3 aromatic rings. The lowest BCUT2D eigenvalue weighted by atomic mass is 9.82. The van der Waals surface area contributed by atoms with E-state index in [9.17, 15) is 31.1 Å². The number of aromatic nitrogens is 4. The van der Waals surface area contributed by atoms with Crippen molar-refractivity contribution in [3.8, 4) is 0 Å². The van der Waals surface area contributed by atoms with E-state index in [1.807, 2.05) is 0 Å². The number of halogens is 6. The fourth-order valence-electron chi connectivity index (χ4n) is 3.39. The molecule has 1 saturated carbocycles. The summed E-state index contributed by atoms with van der Waals surface area (Å²) in [7, 11) is 0. The third-order valence-corrected chi connectivity index (χ3v) is 5.21. The molecule has 1 aliphatic rings. The third kappa shape index (κ3) is 5.38. The van der Waals surface area contributed by atoms with Crippen LogP contribution in [0.25, 0.3) is 11.2 Å². The number of rotatable bonds is 7. The van der Waals surface area contributed by atoms with Gasteiger partial charge in [0.05, 0.1) is 11.7 Å². The summed E-state index contributed by atoms with van der Waals surface area (Å²) < 4.78 is 85.6. The first-order valence-electron chi connectivity index (χ1n) is 9.99. The molecule has 34 heavy (non-hydrogen) atoms. The topological polar surface area (TPSA) is 94.6 Å². The fraction of sp³-hybridized carbons (Fsp3) is 0.400. The highest BCUT2D eigenvalue weighted by Gasteiger charge is 2.42. The van der Waals surface area contributed by atoms with Crippen LogP contribution in [0.2, 0.25) is 0 Å². The molecule has 0 saturated heterocycles. The van der Waals surface area contributed by atoms with Gasteiger partial charge in [0.15, 0.2) is 0 Å². The lowest BCUT2D eigenvalue weighted by Crippen LogP contribution is -2.34. The Hall–Kier alpha value is -3.42. The molecule has 0 aromatic carbocycles. The molecular formula is C20H17F6N5O3. The van der Waals surface area contributed by atoms with E-state index in [0.29, 0.717) is 5.57 Å². The Kier molecular flexibility index (Phi) is 6.10. The standard InChI is InChI=1S/C20H17F6N5O3/c1-10(17-29-30-18(33-17)11-6-13(7-11)34-20(24,25)26)4-5-27-16(32)14-9-31-8-12(19(21,22)23)2-3-15(31)28-14/h2-3,8-9,11,13H,1,4-7H2,(H,27,32). The second-order valence-electron chi connectivity index (χ2n) is 7.72. The zero-order chi connectivity index (χ0) is 24.7. The smallest absolute Gasteiger partial charge is 0.421 e. The number of hydrogen-bond donors (Lipinski definition) is 1. The predicted octanol–water partition coefficient (Wildman–Crippen LogP) is 4.35. The summed E-state index contributed by atoms with van der Waals surface area (Å²) in [5.74, 6) is -0.655. The summed E-state index contributed by atoms with van der Waals surface area (Å²) in [6.45, 7) is 3.89. The number of amides is 1. The van der Waals surface area contributed by atoms with Crippen LogP contribution in [0.3, 0.4) is 0 Å². The number of nitrogens with one attached hydrogen (secondary N) is 1. The molecule has 0 aliphatic heterocycles. The highest BCUT2D eigenvalue weighted by atomic mass is 19.4. The lowest BCUT2D eigenvalue weighted by molar-refractivity contribution is -0.352. The molecule has 1 amide bonds. The number of pyridine rings is 1. The van der Waals surface area contributed by atoms with Crippen molar-refractivity contribution < 1.29 is 40.3 Å². The van der Waals surface area contributed by atoms with Gasteiger partial charge in [0.1, 0.15) is 11.3 Å². The van der Waals surface area contributed by atoms with Crippen molar-refractivity contribution in [2.75, 3.05) is 6.54 Å². The van der Waals surface area contributed by atoms with Crippen LogP contribution in [0, 0.1) is 0 Å². The van der Waals surface area contributed by atoms with E-state index in [1.54, 1.807) is 0 Å². The minimum absolute atomic E-state index is 0.0642. The van der Waals surface area contributed by atoms with Crippen molar-refractivity contribution in [1.82, 2.24) is 24.9 Å². The summed E-state index contributed by atoms with van der Waals surface area (Å²) in [5.41, 5.74) is -0.360. The molecule has 1 aliphatic carbocycles. The van der Waals surface area contributed by atoms with Crippen molar-refractivity contribution >= 4 is 17.1 Å². The molecule has 0 bridgehead atoms. The van der Waals surface area contributed by atoms with Crippen LogP contribution in [0.5, 0.6) is 0 Å². The second kappa shape index (κ2) is 8.74. The van der Waals surface area contributed by atoms with Crippen LogP contribution in [0.4, 0.5) is 26.3 Å². The zero-order valence-corrected chi connectivity index (χ0v) is 17.3. The van der Waals surface area contributed by atoms with Gasteiger partial charge < -0.3 is 14.1 Å². The molecule has 0 unspecified atom stereocenters. The Morgan fingerprint density at radius 2 is 1.91 bits per heavy atom. The van der Waals surface area contributed by atoms with Gasteiger partial charge >= 0.3 is 12.5 Å². The lowest BCUT2D eigenvalue weighted by Gasteiger charge is -2.32. The van der Waals surface area contributed by atoms with Crippen LogP contribution in [0.1, 0.15) is 53.0 Å². The molecule has 4 rings (SSSR count). The quantitative estimate of drug-likeness (QED) is 0.496. The van der Waals surface area contributed by atoms with Crippen LogP contribution in [-0.4, -0.2) is 44.5 Å². The number of alkyl halides is 6. The zero-order valence-electron chi connectivity index (χ0n) is 17.3. The molecule has 0 spiro atoms. The summed E-state index contributed by atoms with van der Waals surface area (Å²) in [5, 5.41) is 10.2. The van der Waals surface area contributed by atoms with Crippen LogP contribution >= 0.6 is 0 Å². The molecular weight excluding hydrogens is 472 g/mol. The van der Waals surface area contributed by atoms with Gasteiger partial charge in [0, 0.05) is 30.4 Å². The number of fused-ring (bicyclic) bond motifs is 1. The average molecular weight is 489 g/mol. The van der Waals surface area contributed by atoms with E-state index in [2.05, 4.69) is 31.8 Å². The van der Waals surface area contributed by atoms with Gasteiger partial charge in [0.25, 0.3) is 5.91 Å².